The van der Waals surface area contributed by atoms with Crippen LogP contribution in [0.3, 0.4) is 0 Å². The predicted molar refractivity (Wildman–Crippen MR) is 98.0 cm³/mol. The lowest BCUT2D eigenvalue weighted by Gasteiger charge is -2.21. The first kappa shape index (κ1) is 22.0. The van der Waals surface area contributed by atoms with Crippen LogP contribution in [0.5, 0.6) is 0 Å². The minimum atomic E-state index is -4.61. The number of hydrogen-bond donors (Lipinski definition) is 2. The standard InChI is InChI=1S/C19H20F3N3O4/c1-2-25(17(27)9-10-23-18(28)15-8-5-11-29-15)12-16(26)24-14-7-4-3-6-13(14)19(20,21)22/h3-8,11H,2,9-10,12H2,1H3,(H,23,28)(H,24,26). The maximum atomic E-state index is 13.0. The normalized spacial score (nSPS) is 11.0. The molecule has 0 fully saturated rings. The van der Waals surface area contributed by atoms with Crippen molar-refractivity contribution in [3.63, 3.8) is 0 Å². The van der Waals surface area contributed by atoms with Gasteiger partial charge in [0, 0.05) is 19.5 Å². The third-order valence-electron chi connectivity index (χ3n) is 3.94. The van der Waals surface area contributed by atoms with E-state index in [1.54, 1.807) is 13.0 Å². The Morgan fingerprint density at radius 2 is 1.83 bits per heavy atom. The number of nitrogens with zero attached hydrogens (tertiary/aromatic N) is 1. The van der Waals surface area contributed by atoms with Crippen LogP contribution in [0.4, 0.5) is 18.9 Å². The highest BCUT2D eigenvalue weighted by Crippen LogP contribution is 2.34. The number of likely N-dealkylation sites (N-methyl/N-ethyl adjacent to an activating group) is 1. The van der Waals surface area contributed by atoms with Gasteiger partial charge in [-0.25, -0.2) is 0 Å². The molecule has 7 nitrogen and oxygen atoms in total. The second-order valence-electron chi connectivity index (χ2n) is 5.98. The van der Waals surface area contributed by atoms with Crippen molar-refractivity contribution in [3.8, 4) is 0 Å². The number of para-hydroxylation sites is 1. The van der Waals surface area contributed by atoms with E-state index in [-0.39, 0.29) is 31.0 Å². The number of benzene rings is 1. The van der Waals surface area contributed by atoms with Crippen molar-refractivity contribution in [2.45, 2.75) is 19.5 Å². The highest BCUT2D eigenvalue weighted by atomic mass is 19.4. The molecule has 0 radical (unpaired) electrons. The minimum Gasteiger partial charge on any atom is -0.459 e. The van der Waals surface area contributed by atoms with Gasteiger partial charge in [-0.15, -0.1) is 0 Å². The molecule has 0 aliphatic carbocycles. The Morgan fingerprint density at radius 1 is 1.10 bits per heavy atom. The van der Waals surface area contributed by atoms with Crippen molar-refractivity contribution in [2.75, 3.05) is 25.0 Å². The maximum Gasteiger partial charge on any atom is 0.418 e. The zero-order valence-electron chi connectivity index (χ0n) is 15.6. The third kappa shape index (κ3) is 6.37. The zero-order chi connectivity index (χ0) is 21.4. The Bertz CT molecular complexity index is 851. The summed E-state index contributed by atoms with van der Waals surface area (Å²) in [5.41, 5.74) is -1.34. The molecule has 0 saturated carbocycles. The van der Waals surface area contributed by atoms with E-state index in [2.05, 4.69) is 10.6 Å². The predicted octanol–water partition coefficient (Wildman–Crippen LogP) is 2.91. The molecule has 0 unspecified atom stereocenters. The lowest BCUT2D eigenvalue weighted by molar-refractivity contribution is -0.137. The highest BCUT2D eigenvalue weighted by molar-refractivity contribution is 5.95. The summed E-state index contributed by atoms with van der Waals surface area (Å²) in [6, 6.07) is 7.61. The number of carbonyl (C=O) groups excluding carboxylic acids is 3. The molecule has 10 heteroatoms. The van der Waals surface area contributed by atoms with Crippen molar-refractivity contribution in [2.24, 2.45) is 0 Å². The van der Waals surface area contributed by atoms with Crippen LogP contribution in [0.15, 0.2) is 47.1 Å². The summed E-state index contributed by atoms with van der Waals surface area (Å²) in [6.45, 7) is 1.43. The molecule has 0 aliphatic heterocycles. The van der Waals surface area contributed by atoms with Crippen LogP contribution >= 0.6 is 0 Å². The SMILES string of the molecule is CCN(CC(=O)Nc1ccccc1C(F)(F)F)C(=O)CCNC(=O)c1ccco1. The number of halogens is 3. The number of amides is 3. The molecule has 1 aromatic carbocycles. The van der Waals surface area contributed by atoms with Crippen LogP contribution in [0, 0.1) is 0 Å². The monoisotopic (exact) mass is 411 g/mol. The topological polar surface area (TPSA) is 91.7 Å². The van der Waals surface area contributed by atoms with E-state index < -0.39 is 36.0 Å². The van der Waals surface area contributed by atoms with Crippen molar-refractivity contribution in [1.82, 2.24) is 10.2 Å². The van der Waals surface area contributed by atoms with Crippen LogP contribution in [0.2, 0.25) is 0 Å². The van der Waals surface area contributed by atoms with Gasteiger partial charge in [-0.3, -0.25) is 14.4 Å². The second-order valence-corrected chi connectivity index (χ2v) is 5.98. The van der Waals surface area contributed by atoms with Crippen LogP contribution in [0.25, 0.3) is 0 Å². The van der Waals surface area contributed by atoms with E-state index in [0.717, 1.165) is 12.1 Å². The van der Waals surface area contributed by atoms with Gasteiger partial charge in [-0.05, 0) is 31.2 Å². The fraction of sp³-hybridized carbons (Fsp3) is 0.316. The highest BCUT2D eigenvalue weighted by Gasteiger charge is 2.33. The van der Waals surface area contributed by atoms with E-state index in [1.807, 2.05) is 0 Å². The fourth-order valence-electron chi connectivity index (χ4n) is 2.51. The van der Waals surface area contributed by atoms with Gasteiger partial charge in [0.1, 0.15) is 0 Å². The van der Waals surface area contributed by atoms with E-state index >= 15 is 0 Å². The molecule has 2 aromatic rings. The molecule has 0 saturated heterocycles. The molecular formula is C19H20F3N3O4. The molecule has 0 bridgehead atoms. The van der Waals surface area contributed by atoms with Crippen molar-refractivity contribution >= 4 is 23.4 Å². The Balaban J connectivity index is 1.88. The molecular weight excluding hydrogens is 391 g/mol. The summed E-state index contributed by atoms with van der Waals surface area (Å²) in [6.07, 6.45) is -3.35. The zero-order valence-corrected chi connectivity index (χ0v) is 15.6. The number of alkyl halides is 3. The van der Waals surface area contributed by atoms with Gasteiger partial charge in [-0.1, -0.05) is 12.1 Å². The lowest BCUT2D eigenvalue weighted by atomic mass is 10.1. The number of furan rings is 1. The number of carbonyl (C=O) groups is 3. The van der Waals surface area contributed by atoms with Gasteiger partial charge in [0.15, 0.2) is 5.76 Å². The smallest absolute Gasteiger partial charge is 0.418 e. The fourth-order valence-corrected chi connectivity index (χ4v) is 2.51. The van der Waals surface area contributed by atoms with Crippen LogP contribution in [0.1, 0.15) is 29.5 Å². The van der Waals surface area contributed by atoms with Gasteiger partial charge in [0.25, 0.3) is 5.91 Å². The van der Waals surface area contributed by atoms with Gasteiger partial charge >= 0.3 is 6.18 Å². The van der Waals surface area contributed by atoms with E-state index in [1.165, 1.54) is 29.4 Å². The summed E-state index contributed by atoms with van der Waals surface area (Å²) in [5, 5.41) is 4.70. The summed E-state index contributed by atoms with van der Waals surface area (Å²) < 4.78 is 43.9. The van der Waals surface area contributed by atoms with E-state index in [9.17, 15) is 27.6 Å². The molecule has 156 valence electrons. The van der Waals surface area contributed by atoms with Crippen LogP contribution < -0.4 is 10.6 Å². The van der Waals surface area contributed by atoms with Crippen LogP contribution in [-0.2, 0) is 15.8 Å². The molecule has 2 rings (SSSR count). The molecule has 29 heavy (non-hydrogen) atoms. The average Bonchev–Trinajstić information content (AvgIpc) is 3.20. The molecule has 1 heterocycles. The molecule has 0 atom stereocenters. The van der Waals surface area contributed by atoms with Crippen molar-refractivity contribution in [3.05, 3.63) is 54.0 Å². The quantitative estimate of drug-likeness (QED) is 0.699. The molecule has 3 amide bonds. The van der Waals surface area contributed by atoms with Crippen molar-refractivity contribution in [1.29, 1.82) is 0 Å². The molecule has 1 aromatic heterocycles. The Labute approximate surface area is 164 Å². The summed E-state index contributed by atoms with van der Waals surface area (Å²) in [7, 11) is 0. The number of anilines is 1. The maximum absolute atomic E-state index is 13.0. The number of rotatable bonds is 8. The lowest BCUT2D eigenvalue weighted by Crippen LogP contribution is -2.39. The first-order chi connectivity index (χ1) is 13.7. The first-order valence-corrected chi connectivity index (χ1v) is 8.78. The number of hydrogen-bond acceptors (Lipinski definition) is 4. The summed E-state index contributed by atoms with van der Waals surface area (Å²) in [4.78, 5) is 37.3. The Kier molecular flexibility index (Phi) is 7.40. The number of nitrogens with one attached hydrogen (secondary N) is 2. The minimum absolute atomic E-state index is 0.0212. The molecule has 0 spiro atoms. The van der Waals surface area contributed by atoms with Crippen molar-refractivity contribution < 1.29 is 32.0 Å². The van der Waals surface area contributed by atoms with E-state index in [4.69, 9.17) is 4.42 Å². The van der Waals surface area contributed by atoms with Gasteiger partial charge in [-0.2, -0.15) is 13.2 Å². The largest absolute Gasteiger partial charge is 0.459 e. The van der Waals surface area contributed by atoms with E-state index in [0.29, 0.717) is 0 Å². The van der Waals surface area contributed by atoms with Gasteiger partial charge in [0.2, 0.25) is 11.8 Å². The Hall–Kier alpha value is -3.30. The first-order valence-electron chi connectivity index (χ1n) is 8.78. The van der Waals surface area contributed by atoms with Crippen LogP contribution in [-0.4, -0.2) is 42.3 Å². The third-order valence-corrected chi connectivity index (χ3v) is 3.94. The second kappa shape index (κ2) is 9.76. The molecule has 2 N–H and O–H groups in total. The average molecular weight is 411 g/mol. The molecule has 0 aliphatic rings. The summed E-state index contributed by atoms with van der Waals surface area (Å²) in [5.74, 6) is -1.55. The summed E-state index contributed by atoms with van der Waals surface area (Å²) >= 11 is 0. The Morgan fingerprint density at radius 3 is 2.45 bits per heavy atom. The van der Waals surface area contributed by atoms with Gasteiger partial charge < -0.3 is 20.0 Å². The van der Waals surface area contributed by atoms with Gasteiger partial charge in [0.05, 0.1) is 24.1 Å².